The number of H-pyrrole nitrogens is 2. The lowest BCUT2D eigenvalue weighted by Gasteiger charge is -2.37. The number of aliphatic imine (C=N–C) groups is 2. The van der Waals surface area contributed by atoms with Crippen molar-refractivity contribution in [2.24, 2.45) is 9.98 Å². The fourth-order valence-corrected chi connectivity index (χ4v) is 13.6. The number of aromatic nitrogens is 2. The third-order valence-electron chi connectivity index (χ3n) is 19.2. The van der Waals surface area contributed by atoms with Crippen LogP contribution in [0.4, 0.5) is 0 Å². The van der Waals surface area contributed by atoms with Crippen molar-refractivity contribution in [3.63, 3.8) is 0 Å². The number of esters is 1. The molecule has 2 aromatic heterocycles. The average Bonchev–Trinajstić information content (AvgIpc) is 1.43. The van der Waals surface area contributed by atoms with Crippen molar-refractivity contribution in [3.8, 4) is 0 Å². The number of para-hydroxylation sites is 2. The second kappa shape index (κ2) is 45.6. The Morgan fingerprint density at radius 3 is 1.04 bits per heavy atom. The van der Waals surface area contributed by atoms with E-state index in [2.05, 4.69) is 55.1 Å². The van der Waals surface area contributed by atoms with Crippen LogP contribution < -0.4 is 21.3 Å². The van der Waals surface area contributed by atoms with Crippen LogP contribution in [0.3, 0.4) is 0 Å². The number of benzene rings is 8. The summed E-state index contributed by atoms with van der Waals surface area (Å²) in [6.07, 6.45) is 22.0. The fourth-order valence-electron chi connectivity index (χ4n) is 13.6. The van der Waals surface area contributed by atoms with Gasteiger partial charge in [0.1, 0.15) is 35.2 Å². The lowest BCUT2D eigenvalue weighted by Crippen LogP contribution is -2.52. The molecule has 0 saturated carbocycles. The molecule has 0 fully saturated rings. The number of nitrogens with one attached hydrogen (secondary N) is 6. The van der Waals surface area contributed by atoms with Gasteiger partial charge in [0.25, 0.3) is 0 Å². The van der Waals surface area contributed by atoms with E-state index in [1.807, 2.05) is 243 Å². The molecule has 8 aromatic carbocycles. The number of aliphatic carboxylic acids is 1. The summed E-state index contributed by atoms with van der Waals surface area (Å²) < 4.78 is 16.5. The molecule has 0 aliphatic rings. The number of amides is 4. The zero-order valence-electron chi connectivity index (χ0n) is 62.4. The molecular formula is C90H109N8O10P. The molecule has 0 aliphatic heterocycles. The highest BCUT2D eigenvalue weighted by molar-refractivity contribution is 6.92. The Bertz CT molecular complexity index is 4220. The van der Waals surface area contributed by atoms with Gasteiger partial charge in [-0.25, -0.2) is 19.6 Å². The molecule has 19 heteroatoms. The van der Waals surface area contributed by atoms with Crippen molar-refractivity contribution in [2.45, 2.75) is 172 Å². The van der Waals surface area contributed by atoms with Gasteiger partial charge in [-0.05, 0) is 69.5 Å². The van der Waals surface area contributed by atoms with Crippen molar-refractivity contribution in [1.29, 1.82) is 0 Å². The van der Waals surface area contributed by atoms with Crippen molar-refractivity contribution in [3.05, 3.63) is 287 Å². The van der Waals surface area contributed by atoms with Gasteiger partial charge in [0, 0.05) is 47.0 Å². The quantitative estimate of drug-likeness (QED) is 0.00476. The number of ether oxygens (including phenoxy) is 3. The molecule has 0 aliphatic carbocycles. The van der Waals surface area contributed by atoms with Gasteiger partial charge < -0.3 is 50.6 Å². The number of methoxy groups -OCH3 is 1. The minimum Gasteiger partial charge on any atom is -0.483 e. The number of carbonyl (C=O) groups is 6. The second-order valence-electron chi connectivity index (χ2n) is 26.8. The lowest BCUT2D eigenvalue weighted by molar-refractivity contribution is -0.146. The maximum atomic E-state index is 14.2. The molecule has 1 unspecified atom stereocenters. The highest BCUT2D eigenvalue weighted by atomic mass is 31.0. The maximum absolute atomic E-state index is 14.2. The Hall–Kier alpha value is -11.0. The number of unbranched alkanes of at least 4 members (excludes halogenated alkanes) is 12. The summed E-state index contributed by atoms with van der Waals surface area (Å²) in [6.45, 7) is 5.38. The predicted molar refractivity (Wildman–Crippen MR) is 442 cm³/mol. The number of carbonyl (C=O) groups excluding carboxylic acids is 5. The van der Waals surface area contributed by atoms with E-state index in [4.69, 9.17) is 14.2 Å². The molecule has 10 aromatic rings. The first-order valence-corrected chi connectivity index (χ1v) is 37.6. The molecule has 0 bridgehead atoms. The van der Waals surface area contributed by atoms with Crippen LogP contribution >= 0.6 is 9.90 Å². The minimum atomic E-state index is -1.52. The Balaban J connectivity index is 0.000000298. The average molecular weight is 1490 g/mol. The van der Waals surface area contributed by atoms with Gasteiger partial charge >= 0.3 is 11.9 Å². The van der Waals surface area contributed by atoms with E-state index in [0.29, 0.717) is 13.2 Å². The number of fused-ring (bicyclic) bond motifs is 2. The summed E-state index contributed by atoms with van der Waals surface area (Å²) in [5.74, 6) is -4.23. The molecule has 0 spiro atoms. The number of hydrogen-bond acceptors (Lipinski definition) is 11. The summed E-state index contributed by atoms with van der Waals surface area (Å²) >= 11 is 0. The van der Waals surface area contributed by atoms with Gasteiger partial charge in [-0.15, -0.1) is 0 Å². The van der Waals surface area contributed by atoms with Crippen LogP contribution in [0.2, 0.25) is 0 Å². The summed E-state index contributed by atoms with van der Waals surface area (Å²) in [6, 6.07) is 68.6. The first kappa shape index (κ1) is 85.3. The highest BCUT2D eigenvalue weighted by Gasteiger charge is 2.41. The van der Waals surface area contributed by atoms with Gasteiger partial charge in [0.2, 0.25) is 23.6 Å². The first-order valence-electron chi connectivity index (χ1n) is 37.6. The molecule has 2 heterocycles. The molecule has 18 nitrogen and oxygen atoms in total. The number of rotatable bonds is 42. The molecule has 4 amide bonds. The Morgan fingerprint density at radius 1 is 0.422 bits per heavy atom. The summed E-state index contributed by atoms with van der Waals surface area (Å²) in [5, 5.41) is 24.1. The van der Waals surface area contributed by atoms with E-state index < -0.39 is 77.2 Å². The monoisotopic (exact) mass is 1490 g/mol. The van der Waals surface area contributed by atoms with Crippen molar-refractivity contribution in [2.75, 3.05) is 20.3 Å². The van der Waals surface area contributed by atoms with E-state index in [1.165, 1.54) is 71.3 Å². The number of aromatic amines is 2. The Morgan fingerprint density at radius 2 is 0.716 bits per heavy atom. The van der Waals surface area contributed by atoms with Crippen LogP contribution in [0, 0.1) is 0 Å². The van der Waals surface area contributed by atoms with E-state index in [9.17, 15) is 33.9 Å². The normalized spacial score (nSPS) is 12.4. The van der Waals surface area contributed by atoms with Gasteiger partial charge in [0.05, 0.1) is 33.2 Å². The van der Waals surface area contributed by atoms with Crippen molar-refractivity contribution in [1.82, 2.24) is 31.2 Å². The Labute approximate surface area is 645 Å². The minimum absolute atomic E-state index is 0. The highest BCUT2D eigenvalue weighted by Crippen LogP contribution is 2.39. The second-order valence-corrected chi connectivity index (χ2v) is 26.8. The van der Waals surface area contributed by atoms with E-state index >= 15 is 0 Å². The molecular weight excluding hydrogens is 1380 g/mol. The molecule has 7 N–H and O–H groups in total. The number of carboxylic acid groups (broad SMARTS) is 1. The van der Waals surface area contributed by atoms with Gasteiger partial charge in [-0.3, -0.25) is 19.2 Å². The maximum Gasteiger partial charge on any atom is 0.328 e. The van der Waals surface area contributed by atoms with Crippen molar-refractivity contribution >= 4 is 80.1 Å². The topological polar surface area (TPSA) is 255 Å². The first-order chi connectivity index (χ1) is 52.4. The van der Waals surface area contributed by atoms with Gasteiger partial charge in [-0.1, -0.05) is 317 Å². The van der Waals surface area contributed by atoms with Crippen LogP contribution in [-0.4, -0.2) is 108 Å². The van der Waals surface area contributed by atoms with E-state index in [1.54, 1.807) is 0 Å². The summed E-state index contributed by atoms with van der Waals surface area (Å²) in [7, 11) is 1.24. The molecule has 109 heavy (non-hydrogen) atoms. The number of nitrogens with zero attached hydrogens (tertiary/aromatic N) is 2. The standard InChI is InChI=1S/C45H52N4O5.C44H50N4O5.CH4.H3P/c1-3-4-5-6-7-8-20-29-54-33-47-40(30-34-32-46-39-28-19-18-27-38(34)39)43(51)48-41(44(52)53-2)31-42(50)49-45(35-21-12-9-13-22-35,36-23-14-10-15-24-36)37-25-16-11-17-26-37;1-2-3-4-5-6-7-19-28-53-32-46-39(29-33-31-45-38-27-18-17-26-37(33)38)42(50)47-40(43(51)52)30-41(49)48-44(34-20-11-8-12-21-34,35-22-13-9-14-23-35)36-24-15-10-16-25-36;;/h9-19,21-28,32-33,40-41,46H,3-8,20,29-31H2,1-2H3,(H,48,51)(H,49,50);8-18,20-27,31-32,39-40,45H,2-7,19,28-30H2,1H3,(H,47,50)(H,48,49)(H,51,52);1H4;1H3/t40-,41-;39-,40-;;/m00../s1. The third kappa shape index (κ3) is 24.5. The number of hydrogen-bond donors (Lipinski definition) is 7. The Kier molecular flexibility index (Phi) is 35.7. The molecule has 5 atom stereocenters. The van der Waals surface area contributed by atoms with Gasteiger partial charge in [0.15, 0.2) is 12.8 Å². The zero-order chi connectivity index (χ0) is 75.3. The van der Waals surface area contributed by atoms with Crippen LogP contribution in [0.1, 0.15) is 169 Å². The predicted octanol–water partition coefficient (Wildman–Crippen LogP) is 16.7. The van der Waals surface area contributed by atoms with Gasteiger partial charge in [-0.2, -0.15) is 9.90 Å². The van der Waals surface area contributed by atoms with Crippen LogP contribution in [-0.2, 0) is 66.9 Å². The van der Waals surface area contributed by atoms with Crippen LogP contribution in [0.5, 0.6) is 0 Å². The largest absolute Gasteiger partial charge is 0.483 e. The number of carboxylic acids is 1. The third-order valence-corrected chi connectivity index (χ3v) is 19.2. The summed E-state index contributed by atoms with van der Waals surface area (Å²) in [5.41, 5.74) is 6.26. The zero-order valence-corrected chi connectivity index (χ0v) is 63.8. The molecule has 574 valence electrons. The fraction of sp³-hybridized carbons (Fsp3) is 0.333. The van der Waals surface area contributed by atoms with Crippen LogP contribution in [0.15, 0.2) is 253 Å². The smallest absolute Gasteiger partial charge is 0.328 e. The molecule has 0 saturated heterocycles. The summed E-state index contributed by atoms with van der Waals surface area (Å²) in [4.78, 5) is 97.5. The molecule has 0 radical (unpaired) electrons. The van der Waals surface area contributed by atoms with E-state index in [0.717, 1.165) is 105 Å². The molecule has 10 rings (SSSR count). The van der Waals surface area contributed by atoms with Crippen molar-refractivity contribution < 1.29 is 48.1 Å². The van der Waals surface area contributed by atoms with E-state index in [-0.39, 0.29) is 36.6 Å². The lowest BCUT2D eigenvalue weighted by atomic mass is 9.77. The van der Waals surface area contributed by atoms with Crippen LogP contribution in [0.25, 0.3) is 21.8 Å². The SMILES string of the molecule is C.CCCCCCCCCOC=N[C@@H](Cc1c[nH]c2ccccc12)C(=O)N[C@@H](CC(=O)NC(c1ccccc1)(c1ccccc1)c1ccccc1)C(=O)O.CCCCCCCCCOC=N[C@@H](Cc1c[nH]c2ccccc12)C(=O)N[C@@H](CC(=O)NC(c1ccccc1)(c1ccccc1)c1ccccc1)C(=O)OC.P.